The summed E-state index contributed by atoms with van der Waals surface area (Å²) < 4.78 is 11.4. The normalized spacial score (nSPS) is 15.6. The van der Waals surface area contributed by atoms with Crippen LogP contribution in [0.25, 0.3) is 5.69 Å². The fourth-order valence-electron chi connectivity index (χ4n) is 2.51. The summed E-state index contributed by atoms with van der Waals surface area (Å²) in [5.74, 6) is 1.10. The number of para-hydroxylation sites is 3. The minimum Gasteiger partial charge on any atom is -0.486 e. The van der Waals surface area contributed by atoms with E-state index in [1.807, 2.05) is 54.6 Å². The van der Waals surface area contributed by atoms with Crippen LogP contribution in [0.1, 0.15) is 10.5 Å². The Hall–Kier alpha value is -3.35. The third-order valence-electron chi connectivity index (χ3n) is 3.77. The molecule has 0 aliphatic carbocycles. The van der Waals surface area contributed by atoms with E-state index in [0.29, 0.717) is 18.9 Å². The molecule has 25 heavy (non-hydrogen) atoms. The zero-order valence-electron chi connectivity index (χ0n) is 13.3. The molecule has 0 unspecified atom stereocenters. The van der Waals surface area contributed by atoms with E-state index < -0.39 is 0 Å². The van der Waals surface area contributed by atoms with E-state index in [0.717, 1.165) is 11.4 Å². The van der Waals surface area contributed by atoms with Crippen LogP contribution >= 0.6 is 0 Å². The number of hydrogen-bond donors (Lipinski definition) is 1. The van der Waals surface area contributed by atoms with E-state index in [4.69, 9.17) is 9.47 Å². The Morgan fingerprint density at radius 2 is 1.88 bits per heavy atom. The summed E-state index contributed by atoms with van der Waals surface area (Å²) in [6.45, 7) is 0.708. The Kier molecular flexibility index (Phi) is 4.04. The summed E-state index contributed by atoms with van der Waals surface area (Å²) in [7, 11) is 0. The van der Waals surface area contributed by atoms with Crippen LogP contribution in [0.4, 0.5) is 0 Å². The number of nitrogens with zero attached hydrogens (tertiary/aromatic N) is 3. The second-order valence-corrected chi connectivity index (χ2v) is 5.56. The van der Waals surface area contributed by atoms with Crippen LogP contribution in [-0.4, -0.2) is 40.2 Å². The molecule has 0 fully saturated rings. The lowest BCUT2D eigenvalue weighted by Gasteiger charge is -2.26. The number of carbonyl (C=O) groups is 1. The monoisotopic (exact) mass is 336 g/mol. The number of ether oxygens (including phenoxy) is 2. The minimum atomic E-state index is -0.301. The molecule has 3 aromatic rings. The van der Waals surface area contributed by atoms with Crippen LogP contribution in [0.2, 0.25) is 0 Å². The first-order valence-electron chi connectivity index (χ1n) is 7.94. The Morgan fingerprint density at radius 3 is 2.72 bits per heavy atom. The van der Waals surface area contributed by atoms with Crippen molar-refractivity contribution in [2.45, 2.75) is 6.10 Å². The Morgan fingerprint density at radius 1 is 1.12 bits per heavy atom. The van der Waals surface area contributed by atoms with E-state index in [1.54, 1.807) is 0 Å². The average Bonchev–Trinajstić information content (AvgIpc) is 3.17. The van der Waals surface area contributed by atoms with Gasteiger partial charge in [-0.15, -0.1) is 5.10 Å². The first kappa shape index (κ1) is 15.2. The number of hydrogen-bond acceptors (Lipinski definition) is 5. The topological polar surface area (TPSA) is 78.3 Å². The molecular formula is C18H16N4O3. The second-order valence-electron chi connectivity index (χ2n) is 5.56. The Labute approximate surface area is 144 Å². The molecule has 7 nitrogen and oxygen atoms in total. The number of aromatic nitrogens is 3. The highest BCUT2D eigenvalue weighted by Crippen LogP contribution is 2.30. The van der Waals surface area contributed by atoms with Crippen LogP contribution < -0.4 is 14.8 Å². The van der Waals surface area contributed by atoms with Gasteiger partial charge in [-0.1, -0.05) is 30.3 Å². The quantitative estimate of drug-likeness (QED) is 0.786. The molecule has 0 saturated carbocycles. The smallest absolute Gasteiger partial charge is 0.273 e. The predicted molar refractivity (Wildman–Crippen MR) is 90.0 cm³/mol. The summed E-state index contributed by atoms with van der Waals surface area (Å²) in [4.78, 5) is 13.7. The Bertz CT molecular complexity index is 879. The van der Waals surface area contributed by atoms with Crippen molar-refractivity contribution in [3.63, 3.8) is 0 Å². The molecule has 7 heteroatoms. The maximum atomic E-state index is 12.3. The molecule has 1 N–H and O–H groups in total. The van der Waals surface area contributed by atoms with Crippen molar-refractivity contribution < 1.29 is 14.3 Å². The molecule has 2 heterocycles. The molecule has 1 aliphatic heterocycles. The van der Waals surface area contributed by atoms with Gasteiger partial charge < -0.3 is 14.8 Å². The lowest BCUT2D eigenvalue weighted by atomic mass is 10.2. The van der Waals surface area contributed by atoms with Crippen LogP contribution in [0.5, 0.6) is 11.5 Å². The highest BCUT2D eigenvalue weighted by Gasteiger charge is 2.22. The maximum Gasteiger partial charge on any atom is 0.273 e. The van der Waals surface area contributed by atoms with E-state index in [2.05, 4.69) is 15.5 Å². The van der Waals surface area contributed by atoms with Crippen molar-refractivity contribution >= 4 is 5.91 Å². The van der Waals surface area contributed by atoms with Gasteiger partial charge in [0, 0.05) is 0 Å². The zero-order valence-corrected chi connectivity index (χ0v) is 13.3. The van der Waals surface area contributed by atoms with Crippen molar-refractivity contribution in [3.05, 3.63) is 66.5 Å². The Balaban J connectivity index is 1.36. The van der Waals surface area contributed by atoms with Crippen molar-refractivity contribution in [3.8, 4) is 17.2 Å². The van der Waals surface area contributed by atoms with Crippen molar-refractivity contribution in [1.82, 2.24) is 20.3 Å². The third kappa shape index (κ3) is 3.30. The van der Waals surface area contributed by atoms with Crippen LogP contribution in [-0.2, 0) is 0 Å². The van der Waals surface area contributed by atoms with Gasteiger partial charge in [-0.3, -0.25) is 4.79 Å². The number of benzene rings is 2. The van der Waals surface area contributed by atoms with E-state index in [-0.39, 0.29) is 17.7 Å². The molecule has 0 spiro atoms. The zero-order chi connectivity index (χ0) is 17.1. The number of carbonyl (C=O) groups excluding carboxylic acids is 1. The summed E-state index contributed by atoms with van der Waals surface area (Å²) in [5.41, 5.74) is 1.04. The molecule has 1 aliphatic rings. The van der Waals surface area contributed by atoms with Gasteiger partial charge in [0.2, 0.25) is 0 Å². The number of nitrogens with one attached hydrogen (secondary N) is 1. The maximum absolute atomic E-state index is 12.3. The molecule has 1 atom stereocenters. The van der Waals surface area contributed by atoms with Gasteiger partial charge in [0.15, 0.2) is 17.2 Å². The van der Waals surface area contributed by atoms with Gasteiger partial charge in [-0.05, 0) is 24.3 Å². The first-order valence-corrected chi connectivity index (χ1v) is 7.94. The lowest BCUT2D eigenvalue weighted by Crippen LogP contribution is -2.40. The van der Waals surface area contributed by atoms with Crippen LogP contribution in [0, 0.1) is 0 Å². The largest absolute Gasteiger partial charge is 0.486 e. The summed E-state index contributed by atoms with van der Waals surface area (Å²) in [6, 6.07) is 16.9. The van der Waals surface area contributed by atoms with Crippen molar-refractivity contribution in [1.29, 1.82) is 0 Å². The van der Waals surface area contributed by atoms with Crippen LogP contribution in [0.15, 0.2) is 60.8 Å². The van der Waals surface area contributed by atoms with Gasteiger partial charge in [0.1, 0.15) is 12.7 Å². The second kappa shape index (κ2) is 6.64. The number of amides is 1. The summed E-state index contributed by atoms with van der Waals surface area (Å²) in [5, 5.41) is 11.1. The van der Waals surface area contributed by atoms with Crippen molar-refractivity contribution in [2.24, 2.45) is 0 Å². The minimum absolute atomic E-state index is 0.247. The van der Waals surface area contributed by atoms with Gasteiger partial charge in [-0.2, -0.15) is 9.90 Å². The molecule has 1 amide bonds. The molecule has 0 saturated heterocycles. The summed E-state index contributed by atoms with van der Waals surface area (Å²) in [6.07, 6.45) is 1.19. The van der Waals surface area contributed by atoms with E-state index in [1.165, 1.54) is 11.0 Å². The predicted octanol–water partition coefficient (Wildman–Crippen LogP) is 1.84. The first-order chi connectivity index (χ1) is 12.3. The molecule has 0 bridgehead atoms. The molecule has 4 rings (SSSR count). The molecule has 126 valence electrons. The van der Waals surface area contributed by atoms with Crippen molar-refractivity contribution in [2.75, 3.05) is 13.2 Å². The van der Waals surface area contributed by atoms with E-state index in [9.17, 15) is 4.79 Å². The van der Waals surface area contributed by atoms with Gasteiger partial charge in [-0.25, -0.2) is 0 Å². The average molecular weight is 336 g/mol. The van der Waals surface area contributed by atoms with Gasteiger partial charge in [0.25, 0.3) is 5.91 Å². The standard InChI is InChI=1S/C18H16N4O3/c23-18(15-11-20-22(21-15)13-6-2-1-3-7-13)19-10-14-12-24-16-8-4-5-9-17(16)25-14/h1-9,11,14H,10,12H2,(H,19,23)/t14-/m1/s1. The fourth-order valence-corrected chi connectivity index (χ4v) is 2.51. The summed E-state index contributed by atoms with van der Waals surface area (Å²) >= 11 is 0. The molecular weight excluding hydrogens is 320 g/mol. The molecule has 2 aromatic carbocycles. The number of fused-ring (bicyclic) bond motifs is 1. The highest BCUT2D eigenvalue weighted by atomic mass is 16.6. The van der Waals surface area contributed by atoms with E-state index >= 15 is 0 Å². The van der Waals surface area contributed by atoms with Gasteiger partial charge in [0.05, 0.1) is 18.4 Å². The third-order valence-corrected chi connectivity index (χ3v) is 3.77. The number of rotatable bonds is 4. The molecule has 1 aromatic heterocycles. The lowest BCUT2D eigenvalue weighted by molar-refractivity contribution is 0.0786. The highest BCUT2D eigenvalue weighted by molar-refractivity contribution is 5.91. The van der Waals surface area contributed by atoms with Crippen LogP contribution in [0.3, 0.4) is 0 Å². The molecule has 0 radical (unpaired) electrons. The fraction of sp³-hybridized carbons (Fsp3) is 0.167. The SMILES string of the molecule is O=C(NC[C@@H]1COc2ccccc2O1)c1cnn(-c2ccccc2)n1. The van der Waals surface area contributed by atoms with Gasteiger partial charge >= 0.3 is 0 Å².